The molecule has 1 aromatic heterocycles. The molecule has 1 saturated carbocycles. The third kappa shape index (κ3) is 3.40. The van der Waals surface area contributed by atoms with Gasteiger partial charge in [-0.25, -0.2) is 4.98 Å². The van der Waals surface area contributed by atoms with Crippen LogP contribution in [-0.4, -0.2) is 16.5 Å². The van der Waals surface area contributed by atoms with Crippen LogP contribution in [0.15, 0.2) is 18.3 Å². The van der Waals surface area contributed by atoms with Gasteiger partial charge in [-0.05, 0) is 36.8 Å². The van der Waals surface area contributed by atoms with Crippen LogP contribution in [0, 0.1) is 11.8 Å². The molecule has 92 valence electrons. The van der Waals surface area contributed by atoms with Gasteiger partial charge in [0.1, 0.15) is 10.8 Å². The second-order valence-corrected chi connectivity index (χ2v) is 5.40. The van der Waals surface area contributed by atoms with Crippen LogP contribution in [0.5, 0.6) is 0 Å². The van der Waals surface area contributed by atoms with Crippen molar-refractivity contribution in [2.75, 3.05) is 11.9 Å². The van der Waals surface area contributed by atoms with Gasteiger partial charge in [-0.3, -0.25) is 0 Å². The molecule has 3 N–H and O–H groups in total. The van der Waals surface area contributed by atoms with E-state index >= 15 is 0 Å². The van der Waals surface area contributed by atoms with Crippen molar-refractivity contribution >= 4 is 23.0 Å². The third-order valence-electron chi connectivity index (χ3n) is 3.42. The van der Waals surface area contributed by atoms with E-state index in [9.17, 15) is 0 Å². The molecule has 1 aliphatic carbocycles. The number of anilines is 1. The van der Waals surface area contributed by atoms with Crippen molar-refractivity contribution in [3.8, 4) is 0 Å². The van der Waals surface area contributed by atoms with Gasteiger partial charge < -0.3 is 11.1 Å². The summed E-state index contributed by atoms with van der Waals surface area (Å²) < 4.78 is 0. The molecule has 17 heavy (non-hydrogen) atoms. The summed E-state index contributed by atoms with van der Waals surface area (Å²) in [5.41, 5.74) is 6.47. The summed E-state index contributed by atoms with van der Waals surface area (Å²) in [7, 11) is 0. The minimum atomic E-state index is 0.421. The highest BCUT2D eigenvalue weighted by Gasteiger charge is 2.20. The summed E-state index contributed by atoms with van der Waals surface area (Å²) in [6.07, 6.45) is 5.74. The predicted octanol–water partition coefficient (Wildman–Crippen LogP) is 2.56. The van der Waals surface area contributed by atoms with Crippen molar-refractivity contribution in [1.29, 1.82) is 0 Å². The van der Waals surface area contributed by atoms with Gasteiger partial charge >= 0.3 is 0 Å². The molecule has 0 aliphatic heterocycles. The molecule has 0 bridgehead atoms. The normalized spacial score (nSPS) is 23.6. The van der Waals surface area contributed by atoms with Crippen LogP contribution < -0.4 is 11.1 Å². The molecule has 0 amide bonds. The SMILES string of the molecule is CC1CCC(CNc2cc(C(N)=S)ccn2)C1. The number of thiocarbonyl (C=S) groups is 1. The number of pyridine rings is 1. The van der Waals surface area contributed by atoms with E-state index in [0.29, 0.717) is 4.99 Å². The Labute approximate surface area is 108 Å². The van der Waals surface area contributed by atoms with Gasteiger partial charge in [0.15, 0.2) is 0 Å². The lowest BCUT2D eigenvalue weighted by molar-refractivity contribution is 0.536. The van der Waals surface area contributed by atoms with E-state index in [-0.39, 0.29) is 0 Å². The van der Waals surface area contributed by atoms with Gasteiger partial charge in [-0.2, -0.15) is 0 Å². The maximum atomic E-state index is 5.60. The lowest BCUT2D eigenvalue weighted by Crippen LogP contribution is -2.14. The first-order chi connectivity index (χ1) is 8.15. The maximum Gasteiger partial charge on any atom is 0.126 e. The number of hydrogen-bond donors (Lipinski definition) is 2. The van der Waals surface area contributed by atoms with Crippen LogP contribution >= 0.6 is 12.2 Å². The van der Waals surface area contributed by atoms with Crippen molar-refractivity contribution in [1.82, 2.24) is 4.98 Å². The third-order valence-corrected chi connectivity index (χ3v) is 3.66. The average Bonchev–Trinajstić information content (AvgIpc) is 2.73. The number of nitrogens with two attached hydrogens (primary N) is 1. The Balaban J connectivity index is 1.90. The van der Waals surface area contributed by atoms with Crippen molar-refractivity contribution in [3.63, 3.8) is 0 Å². The number of hydrogen-bond acceptors (Lipinski definition) is 3. The van der Waals surface area contributed by atoms with Crippen LogP contribution in [0.25, 0.3) is 0 Å². The second-order valence-electron chi connectivity index (χ2n) is 4.96. The Morgan fingerprint density at radius 3 is 3.06 bits per heavy atom. The number of nitrogens with one attached hydrogen (secondary N) is 1. The monoisotopic (exact) mass is 249 g/mol. The Bertz CT molecular complexity index is 405. The number of nitrogens with zero attached hydrogens (tertiary/aromatic N) is 1. The molecule has 1 aliphatic rings. The molecular formula is C13H19N3S. The van der Waals surface area contributed by atoms with Crippen LogP contribution in [0.4, 0.5) is 5.82 Å². The summed E-state index contributed by atoms with van der Waals surface area (Å²) in [6.45, 7) is 3.32. The zero-order chi connectivity index (χ0) is 12.3. The molecule has 0 radical (unpaired) electrons. The fourth-order valence-corrected chi connectivity index (χ4v) is 2.57. The van der Waals surface area contributed by atoms with Crippen molar-refractivity contribution in [2.45, 2.75) is 26.2 Å². The quantitative estimate of drug-likeness (QED) is 0.805. The van der Waals surface area contributed by atoms with Gasteiger partial charge in [0.2, 0.25) is 0 Å². The molecule has 2 unspecified atom stereocenters. The van der Waals surface area contributed by atoms with Gasteiger partial charge in [0.25, 0.3) is 0 Å². The largest absolute Gasteiger partial charge is 0.389 e. The van der Waals surface area contributed by atoms with E-state index in [0.717, 1.165) is 29.8 Å². The smallest absolute Gasteiger partial charge is 0.126 e. The Morgan fingerprint density at radius 1 is 1.59 bits per heavy atom. The fraction of sp³-hybridized carbons (Fsp3) is 0.538. The first-order valence-electron chi connectivity index (χ1n) is 6.15. The van der Waals surface area contributed by atoms with Crippen LogP contribution in [0.1, 0.15) is 31.7 Å². The topological polar surface area (TPSA) is 50.9 Å². The summed E-state index contributed by atoms with van der Waals surface area (Å²) in [5.74, 6) is 2.52. The van der Waals surface area contributed by atoms with E-state index in [2.05, 4.69) is 17.2 Å². The van der Waals surface area contributed by atoms with E-state index < -0.39 is 0 Å². The number of rotatable bonds is 4. The molecule has 1 fully saturated rings. The molecule has 1 aromatic rings. The summed E-state index contributed by atoms with van der Waals surface area (Å²) in [6, 6.07) is 3.76. The minimum absolute atomic E-state index is 0.421. The van der Waals surface area contributed by atoms with Gasteiger partial charge in [0.05, 0.1) is 0 Å². The standard InChI is InChI=1S/C13H19N3S/c1-9-2-3-10(6-9)8-16-12-7-11(13(14)17)4-5-15-12/h4-5,7,9-10H,2-3,6,8H2,1H3,(H2,14,17)(H,15,16). The molecule has 0 aromatic carbocycles. The van der Waals surface area contributed by atoms with Gasteiger partial charge in [-0.1, -0.05) is 25.6 Å². The van der Waals surface area contributed by atoms with Gasteiger partial charge in [-0.15, -0.1) is 0 Å². The lowest BCUT2D eigenvalue weighted by atomic mass is 10.1. The summed E-state index contributed by atoms with van der Waals surface area (Å²) in [5, 5.41) is 3.38. The summed E-state index contributed by atoms with van der Waals surface area (Å²) in [4.78, 5) is 4.70. The minimum Gasteiger partial charge on any atom is -0.389 e. The summed E-state index contributed by atoms with van der Waals surface area (Å²) >= 11 is 4.95. The zero-order valence-electron chi connectivity index (χ0n) is 10.1. The first kappa shape index (κ1) is 12.3. The highest BCUT2D eigenvalue weighted by molar-refractivity contribution is 7.80. The number of aromatic nitrogens is 1. The highest BCUT2D eigenvalue weighted by atomic mass is 32.1. The van der Waals surface area contributed by atoms with E-state index in [1.165, 1.54) is 19.3 Å². The maximum absolute atomic E-state index is 5.60. The van der Waals surface area contributed by atoms with Crippen LogP contribution in [0.2, 0.25) is 0 Å². The molecule has 2 rings (SSSR count). The van der Waals surface area contributed by atoms with Crippen molar-refractivity contribution in [3.05, 3.63) is 23.9 Å². The fourth-order valence-electron chi connectivity index (χ4n) is 2.44. The second kappa shape index (κ2) is 5.45. The molecule has 3 nitrogen and oxygen atoms in total. The zero-order valence-corrected chi connectivity index (χ0v) is 11.0. The van der Waals surface area contributed by atoms with E-state index in [4.69, 9.17) is 18.0 Å². The van der Waals surface area contributed by atoms with E-state index in [1.54, 1.807) is 6.20 Å². The molecule has 1 heterocycles. The molecule has 4 heteroatoms. The first-order valence-corrected chi connectivity index (χ1v) is 6.55. The van der Waals surface area contributed by atoms with E-state index in [1.807, 2.05) is 12.1 Å². The van der Waals surface area contributed by atoms with Crippen molar-refractivity contribution in [2.24, 2.45) is 17.6 Å². The van der Waals surface area contributed by atoms with Crippen molar-refractivity contribution < 1.29 is 0 Å². The molecule has 2 atom stereocenters. The van der Waals surface area contributed by atoms with Crippen LogP contribution in [0.3, 0.4) is 0 Å². The van der Waals surface area contributed by atoms with Crippen LogP contribution in [-0.2, 0) is 0 Å². The molecule has 0 spiro atoms. The van der Waals surface area contributed by atoms with Gasteiger partial charge in [0, 0.05) is 18.3 Å². The molecule has 0 saturated heterocycles. The Kier molecular flexibility index (Phi) is 3.94. The average molecular weight is 249 g/mol. The Morgan fingerprint density at radius 2 is 2.41 bits per heavy atom. The highest BCUT2D eigenvalue weighted by Crippen LogP contribution is 2.30. The predicted molar refractivity (Wildman–Crippen MR) is 75.1 cm³/mol. The Hall–Kier alpha value is -1.16. The molecular weight excluding hydrogens is 230 g/mol. The lowest BCUT2D eigenvalue weighted by Gasteiger charge is -2.12.